The highest BCUT2D eigenvalue weighted by molar-refractivity contribution is 5.93. The van der Waals surface area contributed by atoms with Gasteiger partial charge in [0.25, 0.3) is 0 Å². The molecule has 0 saturated carbocycles. The van der Waals surface area contributed by atoms with Crippen LogP contribution in [0.5, 0.6) is 0 Å². The molecule has 9 nitrogen and oxygen atoms in total. The standard InChI is InChI=1S/2C30H22N2.C29H21N3.C28H20N2.8C2H6/c1-3-10-21(11-4-1)28-20-26(31-30(32-28)22-12-5-2-6-13-22)19-25-16-9-15-24-18-23-14-7-8-17-27(23)29(24)25;1-3-10-21(11-4-1)27-20-28(22-12-5-2-6-13-22)32-29(31-27)19-25-16-9-15-24-18-23-14-7-8-17-26(23)30(24)25;1-3-10-20(11-4-1)28-30-26(31-29(32-28)21-12-5-2-6-13-21)19-24-16-9-15-23-18-22-14-7-8-17-25(22)27(23)24;1-2-9-19(10-3-1)28-24-15-6-7-16-25(24)29-26(30-28)18-22-13-8-12-21-17-20-11-4-5-14-23(20)27(21)22;8*1-2/h2*1-17,20H,18-19H2;1-17H,18-19H2;1-16H,17-18H2;8*1-2H3. The molecule has 4 aromatic heterocycles. The number of nitrogens with zero attached hydrogens (tertiary/aromatic N) is 9. The van der Waals surface area contributed by atoms with Gasteiger partial charge in [0.1, 0.15) is 17.5 Å². The van der Waals surface area contributed by atoms with E-state index in [4.69, 9.17) is 44.9 Å². The summed E-state index contributed by atoms with van der Waals surface area (Å²) in [5.41, 5.74) is 40.6. The zero-order chi connectivity index (χ0) is 99.9. The van der Waals surface area contributed by atoms with Crippen LogP contribution in [0.15, 0.2) is 419 Å². The second-order valence-corrected chi connectivity index (χ2v) is 32.4. The fourth-order valence-corrected chi connectivity index (χ4v) is 18.5. The van der Waals surface area contributed by atoms with Crippen LogP contribution in [-0.2, 0) is 51.4 Å². The first-order valence-corrected chi connectivity index (χ1v) is 51.3. The summed E-state index contributed by atoms with van der Waals surface area (Å²) in [6, 6.07) is 146. The molecule has 9 heteroatoms. The van der Waals surface area contributed by atoms with E-state index < -0.39 is 0 Å². The first kappa shape index (κ1) is 103. The molecule has 4 aliphatic rings. The third-order valence-electron chi connectivity index (χ3n) is 24.3. The molecule has 4 heterocycles. The minimum absolute atomic E-state index is 0.666. The van der Waals surface area contributed by atoms with Gasteiger partial charge in [-0.1, -0.05) is 511 Å². The van der Waals surface area contributed by atoms with Crippen LogP contribution in [0.2, 0.25) is 0 Å². The first-order valence-electron chi connectivity index (χ1n) is 51.3. The molecule has 0 spiro atoms. The number of para-hydroxylation sites is 1. The van der Waals surface area contributed by atoms with Crippen molar-refractivity contribution >= 4 is 10.9 Å². The molecule has 0 radical (unpaired) electrons. The number of aromatic nitrogens is 9. The molecule has 0 N–H and O–H groups in total. The van der Waals surface area contributed by atoms with Crippen LogP contribution in [-0.4, -0.2) is 44.9 Å². The van der Waals surface area contributed by atoms with Gasteiger partial charge < -0.3 is 0 Å². The molecule has 20 aromatic rings. The van der Waals surface area contributed by atoms with Gasteiger partial charge in [-0.15, -0.1) is 0 Å². The fraction of sp³-hybridized carbons (Fsp3) is 0.180. The molecule has 16 aromatic carbocycles. The Morgan fingerprint density at radius 1 is 0.176 bits per heavy atom. The average molecular weight is 1860 g/mol. The summed E-state index contributed by atoms with van der Waals surface area (Å²) in [7, 11) is 0. The van der Waals surface area contributed by atoms with Crippen molar-refractivity contribution in [3.63, 3.8) is 0 Å². The Morgan fingerprint density at radius 3 is 0.768 bits per heavy atom. The van der Waals surface area contributed by atoms with Crippen molar-refractivity contribution in [2.75, 3.05) is 0 Å². The maximum atomic E-state index is 5.04. The lowest BCUT2D eigenvalue weighted by molar-refractivity contribution is 0.933. The summed E-state index contributed by atoms with van der Waals surface area (Å²) in [5.74, 6) is 4.70. The Bertz CT molecular complexity index is 6670. The SMILES string of the molecule is CC.CC.CC.CC.CC.CC.CC.CC.c1ccc(-c2cc(-c3ccccc3)nc(Cc3cccc4c3-c3ccccc3C4)n2)cc1.c1ccc(-c2cc(Cc3cccc4c3-c3ccccc3C4)nc(-c3ccccc3)n2)cc1.c1ccc(-c2nc(Cc3cccc4c3-c3ccccc3C4)nc(-c3ccccc3)n2)cc1.c1ccc(-c2nc(Cc3cccc4c3-c3ccccc3C4)nc3ccccc23)cc1. The highest BCUT2D eigenvalue weighted by Gasteiger charge is 2.28. The summed E-state index contributed by atoms with van der Waals surface area (Å²) in [6.45, 7) is 32.0. The molecule has 0 bridgehead atoms. The largest absolute Gasteiger partial charge is 0.233 e. The lowest BCUT2D eigenvalue weighted by Crippen LogP contribution is -2.04. The van der Waals surface area contributed by atoms with Crippen LogP contribution in [0.1, 0.15) is 201 Å². The van der Waals surface area contributed by atoms with E-state index >= 15 is 0 Å². The molecule has 0 aliphatic heterocycles. The molecule has 0 amide bonds. The van der Waals surface area contributed by atoms with Gasteiger partial charge in [-0.25, -0.2) is 44.9 Å². The molecule has 0 atom stereocenters. The molecule has 0 unspecified atom stereocenters. The van der Waals surface area contributed by atoms with Crippen molar-refractivity contribution in [1.82, 2.24) is 44.9 Å². The van der Waals surface area contributed by atoms with E-state index in [9.17, 15) is 0 Å². The van der Waals surface area contributed by atoms with Crippen molar-refractivity contribution in [3.8, 4) is 124 Å². The molecular formula is C133H133N9. The molecular weight excluding hydrogens is 1720 g/mol. The van der Waals surface area contributed by atoms with E-state index in [1.807, 2.05) is 220 Å². The summed E-state index contributed by atoms with van der Waals surface area (Å²) in [5, 5.41) is 1.09. The van der Waals surface area contributed by atoms with Crippen LogP contribution in [0.3, 0.4) is 0 Å². The van der Waals surface area contributed by atoms with Gasteiger partial charge in [0, 0.05) is 75.7 Å². The minimum atomic E-state index is 0.666. The molecule has 710 valence electrons. The second kappa shape index (κ2) is 53.3. The number of hydrogen-bond donors (Lipinski definition) is 0. The van der Waals surface area contributed by atoms with Crippen LogP contribution in [0.4, 0.5) is 0 Å². The zero-order valence-electron chi connectivity index (χ0n) is 85.5. The Kier molecular flexibility index (Phi) is 38.8. The lowest BCUT2D eigenvalue weighted by atomic mass is 9.96. The van der Waals surface area contributed by atoms with Gasteiger partial charge in [-0.3, -0.25) is 0 Å². The third kappa shape index (κ3) is 24.8. The van der Waals surface area contributed by atoms with Crippen molar-refractivity contribution in [3.05, 3.63) is 509 Å². The topological polar surface area (TPSA) is 116 Å². The monoisotopic (exact) mass is 1860 g/mol. The lowest BCUT2D eigenvalue weighted by Gasteiger charge is -2.12. The van der Waals surface area contributed by atoms with Crippen LogP contribution in [0.25, 0.3) is 135 Å². The van der Waals surface area contributed by atoms with Gasteiger partial charge in [0.05, 0.1) is 28.3 Å². The van der Waals surface area contributed by atoms with Crippen LogP contribution >= 0.6 is 0 Å². The minimum Gasteiger partial charge on any atom is -0.233 e. The number of hydrogen-bond acceptors (Lipinski definition) is 9. The number of benzene rings is 16. The van der Waals surface area contributed by atoms with Gasteiger partial charge in [0.2, 0.25) is 0 Å². The van der Waals surface area contributed by atoms with Crippen molar-refractivity contribution < 1.29 is 0 Å². The average Bonchev–Trinajstić information content (AvgIpc) is 1.50. The van der Waals surface area contributed by atoms with E-state index in [1.54, 1.807) is 0 Å². The molecule has 4 aliphatic carbocycles. The predicted molar refractivity (Wildman–Crippen MR) is 602 cm³/mol. The Balaban J connectivity index is 0.000000152. The van der Waals surface area contributed by atoms with E-state index in [0.29, 0.717) is 24.5 Å². The summed E-state index contributed by atoms with van der Waals surface area (Å²) in [6.07, 6.45) is 6.88. The quantitative estimate of drug-likeness (QED) is 0.0989. The van der Waals surface area contributed by atoms with Gasteiger partial charge in [0.15, 0.2) is 17.5 Å². The van der Waals surface area contributed by atoms with Crippen molar-refractivity contribution in [1.29, 1.82) is 0 Å². The highest BCUT2D eigenvalue weighted by atomic mass is 15.0. The Morgan fingerprint density at radius 2 is 0.430 bits per heavy atom. The molecule has 142 heavy (non-hydrogen) atoms. The van der Waals surface area contributed by atoms with Gasteiger partial charge in [-0.05, 0) is 155 Å². The molecule has 24 rings (SSSR count). The maximum absolute atomic E-state index is 5.04. The van der Waals surface area contributed by atoms with E-state index in [2.05, 4.69) is 309 Å². The summed E-state index contributed by atoms with van der Waals surface area (Å²) >= 11 is 0. The predicted octanol–water partition coefficient (Wildman–Crippen LogP) is 35.0. The van der Waals surface area contributed by atoms with Crippen LogP contribution < -0.4 is 0 Å². The summed E-state index contributed by atoms with van der Waals surface area (Å²) in [4.78, 5) is 44.4. The Hall–Kier alpha value is -16.0. The van der Waals surface area contributed by atoms with Gasteiger partial charge in [-0.2, -0.15) is 0 Å². The van der Waals surface area contributed by atoms with E-state index in [-0.39, 0.29) is 0 Å². The zero-order valence-corrected chi connectivity index (χ0v) is 85.5. The Labute approximate surface area is 844 Å². The number of rotatable bonds is 15. The normalized spacial score (nSPS) is 10.8. The highest BCUT2D eigenvalue weighted by Crippen LogP contribution is 2.45. The van der Waals surface area contributed by atoms with Crippen molar-refractivity contribution in [2.24, 2.45) is 0 Å². The fourth-order valence-electron chi connectivity index (χ4n) is 18.5. The molecule has 0 saturated heterocycles. The van der Waals surface area contributed by atoms with Crippen molar-refractivity contribution in [2.45, 2.75) is 162 Å². The first-order chi connectivity index (χ1) is 70.4. The van der Waals surface area contributed by atoms with Crippen LogP contribution in [0, 0.1) is 0 Å². The summed E-state index contributed by atoms with van der Waals surface area (Å²) < 4.78 is 0. The smallest absolute Gasteiger partial charge is 0.163 e. The second-order valence-electron chi connectivity index (χ2n) is 32.4. The van der Waals surface area contributed by atoms with E-state index in [0.717, 1.165) is 140 Å². The third-order valence-corrected chi connectivity index (χ3v) is 24.3. The number of fused-ring (bicyclic) bond motifs is 13. The van der Waals surface area contributed by atoms with Gasteiger partial charge >= 0.3 is 0 Å². The van der Waals surface area contributed by atoms with E-state index in [1.165, 1.54) is 111 Å². The maximum Gasteiger partial charge on any atom is 0.163 e. The molecule has 0 fully saturated rings.